The lowest BCUT2D eigenvalue weighted by molar-refractivity contribution is 0.104. The molecular weight excluding hydrogens is 266 g/mol. The van der Waals surface area contributed by atoms with Crippen LogP contribution >= 0.6 is 12.2 Å². The maximum Gasteiger partial charge on any atom is 0.166 e. The number of benzene rings is 1. The van der Waals surface area contributed by atoms with Gasteiger partial charge in [-0.25, -0.2) is 0 Å². The standard InChI is InChI=1S/C16H23N3S/c1-17-16(20)18-11-12-6-8-19-9-7-13-4-2-3-5-14(13)15(19)10-12/h2-5,12,15H,6-11H2,1H3,(H2,17,18,20). The summed E-state index contributed by atoms with van der Waals surface area (Å²) in [6, 6.07) is 9.58. The molecule has 2 N–H and O–H groups in total. The zero-order valence-corrected chi connectivity index (χ0v) is 12.9. The fourth-order valence-electron chi connectivity index (χ4n) is 3.54. The minimum Gasteiger partial charge on any atom is -0.366 e. The molecular formula is C16H23N3S. The molecule has 2 aliphatic heterocycles. The van der Waals surface area contributed by atoms with Crippen molar-refractivity contribution >= 4 is 17.3 Å². The Balaban J connectivity index is 1.68. The SMILES string of the molecule is CNC(=S)NCC1CCN2CCc3ccccc3C2C1. The number of thiocarbonyl (C=S) groups is 1. The van der Waals surface area contributed by atoms with Crippen molar-refractivity contribution in [3.05, 3.63) is 35.4 Å². The van der Waals surface area contributed by atoms with Crippen LogP contribution in [-0.4, -0.2) is 36.7 Å². The largest absolute Gasteiger partial charge is 0.366 e. The number of nitrogens with one attached hydrogen (secondary N) is 2. The summed E-state index contributed by atoms with van der Waals surface area (Å²) >= 11 is 5.17. The second kappa shape index (κ2) is 6.10. The molecule has 0 aromatic heterocycles. The average molecular weight is 289 g/mol. The van der Waals surface area contributed by atoms with Crippen LogP contribution in [0.1, 0.15) is 30.0 Å². The van der Waals surface area contributed by atoms with Gasteiger partial charge in [-0.1, -0.05) is 24.3 Å². The summed E-state index contributed by atoms with van der Waals surface area (Å²) in [6.45, 7) is 3.43. The number of hydrogen-bond acceptors (Lipinski definition) is 2. The zero-order valence-electron chi connectivity index (χ0n) is 12.1. The Morgan fingerprint density at radius 3 is 3.05 bits per heavy atom. The number of hydrogen-bond donors (Lipinski definition) is 2. The van der Waals surface area contributed by atoms with Crippen LogP contribution in [0.3, 0.4) is 0 Å². The first-order valence-electron chi connectivity index (χ1n) is 7.55. The average Bonchev–Trinajstić information content (AvgIpc) is 2.52. The van der Waals surface area contributed by atoms with E-state index in [9.17, 15) is 0 Å². The third-order valence-corrected chi connectivity index (χ3v) is 5.03. The highest BCUT2D eigenvalue weighted by Crippen LogP contribution is 2.38. The van der Waals surface area contributed by atoms with Gasteiger partial charge in [-0.2, -0.15) is 0 Å². The molecule has 2 atom stereocenters. The monoisotopic (exact) mass is 289 g/mol. The van der Waals surface area contributed by atoms with Crippen molar-refractivity contribution in [2.75, 3.05) is 26.7 Å². The van der Waals surface area contributed by atoms with E-state index in [-0.39, 0.29) is 0 Å². The molecule has 1 aromatic carbocycles. The topological polar surface area (TPSA) is 27.3 Å². The summed E-state index contributed by atoms with van der Waals surface area (Å²) < 4.78 is 0. The number of nitrogens with zero attached hydrogens (tertiary/aromatic N) is 1. The fraction of sp³-hybridized carbons (Fsp3) is 0.562. The molecule has 0 bridgehead atoms. The summed E-state index contributed by atoms with van der Waals surface area (Å²) in [5, 5.41) is 7.07. The predicted octanol–water partition coefficient (Wildman–Crippen LogP) is 2.09. The first kappa shape index (κ1) is 13.8. The third-order valence-electron chi connectivity index (χ3n) is 4.68. The first-order valence-corrected chi connectivity index (χ1v) is 7.96. The maximum absolute atomic E-state index is 5.17. The molecule has 0 radical (unpaired) electrons. The Labute approximate surface area is 126 Å². The van der Waals surface area contributed by atoms with Crippen LogP contribution in [0.2, 0.25) is 0 Å². The summed E-state index contributed by atoms with van der Waals surface area (Å²) in [7, 11) is 1.87. The van der Waals surface area contributed by atoms with Crippen LogP contribution in [0.15, 0.2) is 24.3 Å². The molecule has 1 saturated heterocycles. The molecule has 3 rings (SSSR count). The molecule has 108 valence electrons. The highest BCUT2D eigenvalue weighted by atomic mass is 32.1. The van der Waals surface area contributed by atoms with Gasteiger partial charge in [0, 0.05) is 26.2 Å². The van der Waals surface area contributed by atoms with E-state index in [0.717, 1.165) is 11.7 Å². The molecule has 3 nitrogen and oxygen atoms in total. The molecule has 2 aliphatic rings. The van der Waals surface area contributed by atoms with Gasteiger partial charge in [-0.15, -0.1) is 0 Å². The summed E-state index contributed by atoms with van der Waals surface area (Å²) in [6.07, 6.45) is 3.73. The summed E-state index contributed by atoms with van der Waals surface area (Å²) in [4.78, 5) is 2.66. The van der Waals surface area contributed by atoms with Crippen LogP contribution in [0.4, 0.5) is 0 Å². The molecule has 2 heterocycles. The molecule has 2 unspecified atom stereocenters. The Hall–Kier alpha value is -1.13. The Morgan fingerprint density at radius 1 is 1.35 bits per heavy atom. The van der Waals surface area contributed by atoms with E-state index < -0.39 is 0 Å². The van der Waals surface area contributed by atoms with E-state index in [4.69, 9.17) is 12.2 Å². The van der Waals surface area contributed by atoms with Crippen LogP contribution < -0.4 is 10.6 Å². The van der Waals surface area contributed by atoms with E-state index in [2.05, 4.69) is 39.8 Å². The van der Waals surface area contributed by atoms with Crippen molar-refractivity contribution in [2.24, 2.45) is 5.92 Å². The van der Waals surface area contributed by atoms with E-state index in [1.54, 1.807) is 11.1 Å². The summed E-state index contributed by atoms with van der Waals surface area (Å²) in [5.41, 5.74) is 3.10. The van der Waals surface area contributed by atoms with Gasteiger partial charge in [0.2, 0.25) is 0 Å². The second-order valence-corrected chi connectivity index (χ2v) is 6.26. The van der Waals surface area contributed by atoms with Crippen LogP contribution in [0, 0.1) is 5.92 Å². The van der Waals surface area contributed by atoms with Crippen molar-refractivity contribution in [2.45, 2.75) is 25.3 Å². The van der Waals surface area contributed by atoms with Crippen molar-refractivity contribution in [1.29, 1.82) is 0 Å². The molecule has 1 aromatic rings. The van der Waals surface area contributed by atoms with Gasteiger partial charge in [-0.3, -0.25) is 4.90 Å². The maximum atomic E-state index is 5.17. The van der Waals surface area contributed by atoms with Crippen molar-refractivity contribution in [3.63, 3.8) is 0 Å². The quantitative estimate of drug-likeness (QED) is 0.815. The van der Waals surface area contributed by atoms with Gasteiger partial charge < -0.3 is 10.6 Å². The third kappa shape index (κ3) is 2.81. The Kier molecular flexibility index (Phi) is 4.22. The highest BCUT2D eigenvalue weighted by Gasteiger charge is 2.33. The minimum absolute atomic E-state index is 0.614. The van der Waals surface area contributed by atoms with E-state index in [1.165, 1.54) is 32.4 Å². The number of piperidine rings is 1. The van der Waals surface area contributed by atoms with Crippen molar-refractivity contribution in [1.82, 2.24) is 15.5 Å². The molecule has 0 spiro atoms. The van der Waals surface area contributed by atoms with Gasteiger partial charge in [-0.05, 0) is 55.1 Å². The normalized spacial score (nSPS) is 25.4. The number of rotatable bonds is 2. The van der Waals surface area contributed by atoms with Gasteiger partial charge >= 0.3 is 0 Å². The van der Waals surface area contributed by atoms with Crippen molar-refractivity contribution in [3.8, 4) is 0 Å². The van der Waals surface area contributed by atoms with Crippen LogP contribution in [-0.2, 0) is 6.42 Å². The first-order chi connectivity index (χ1) is 9.78. The Bertz CT molecular complexity index is 488. The second-order valence-electron chi connectivity index (χ2n) is 5.85. The fourth-order valence-corrected chi connectivity index (χ4v) is 3.62. The van der Waals surface area contributed by atoms with Crippen LogP contribution in [0.5, 0.6) is 0 Å². The molecule has 1 fully saturated rings. The lowest BCUT2D eigenvalue weighted by Gasteiger charge is -2.43. The van der Waals surface area contributed by atoms with E-state index in [0.29, 0.717) is 12.0 Å². The smallest absolute Gasteiger partial charge is 0.166 e. The van der Waals surface area contributed by atoms with Gasteiger partial charge in [0.05, 0.1) is 0 Å². The highest BCUT2D eigenvalue weighted by molar-refractivity contribution is 7.80. The molecule has 0 amide bonds. The number of fused-ring (bicyclic) bond motifs is 3. The van der Waals surface area contributed by atoms with E-state index in [1.807, 2.05) is 7.05 Å². The zero-order chi connectivity index (χ0) is 13.9. The van der Waals surface area contributed by atoms with Crippen LogP contribution in [0.25, 0.3) is 0 Å². The lowest BCUT2D eigenvalue weighted by atomic mass is 9.82. The molecule has 20 heavy (non-hydrogen) atoms. The Morgan fingerprint density at radius 2 is 2.20 bits per heavy atom. The van der Waals surface area contributed by atoms with Crippen molar-refractivity contribution < 1.29 is 0 Å². The van der Waals surface area contributed by atoms with E-state index >= 15 is 0 Å². The molecule has 0 saturated carbocycles. The van der Waals surface area contributed by atoms with Gasteiger partial charge in [0.15, 0.2) is 5.11 Å². The summed E-state index contributed by atoms with van der Waals surface area (Å²) in [5.74, 6) is 0.716. The van der Waals surface area contributed by atoms with Gasteiger partial charge in [0.1, 0.15) is 0 Å². The predicted molar refractivity (Wildman–Crippen MR) is 86.8 cm³/mol. The molecule has 4 heteroatoms. The van der Waals surface area contributed by atoms with Gasteiger partial charge in [0.25, 0.3) is 0 Å². The minimum atomic E-state index is 0.614. The molecule has 0 aliphatic carbocycles. The lowest BCUT2D eigenvalue weighted by Crippen LogP contribution is -2.44.